The minimum absolute atomic E-state index is 0.0334. The number of nitrogens with one attached hydrogen (secondary N) is 9. The fraction of sp³-hybridized carbons (Fsp3) is 0.467. The van der Waals surface area contributed by atoms with Crippen LogP contribution in [0.1, 0.15) is 89.3 Å². The molecule has 1 saturated heterocycles. The number of amides is 10. The molecule has 5 rings (SSSR count). The fourth-order valence-corrected chi connectivity index (χ4v) is 10.1. The number of nitrogens with two attached hydrogens (primary N) is 3. The summed E-state index contributed by atoms with van der Waals surface area (Å²) in [4.78, 5) is 158. The largest absolute Gasteiger partial charge is 0.508 e. The molecule has 88 heavy (non-hydrogen) atoms. The number of hydrogen-bond donors (Lipinski definition) is 15. The number of aliphatic hydroxyl groups excluding tert-OH is 2. The first-order valence-electron chi connectivity index (χ1n) is 28.9. The number of para-hydroxylation sites is 1. The highest BCUT2D eigenvalue weighted by Crippen LogP contribution is 2.23. The van der Waals surface area contributed by atoms with Crippen molar-refractivity contribution in [2.24, 2.45) is 28.1 Å². The Kier molecular flexibility index (Phi) is 26.4. The van der Waals surface area contributed by atoms with E-state index in [2.05, 4.69) is 52.5 Å². The Morgan fingerprint density at radius 2 is 1.30 bits per heavy atom. The zero-order valence-corrected chi connectivity index (χ0v) is 49.9. The lowest BCUT2D eigenvalue weighted by Crippen LogP contribution is -2.61. The van der Waals surface area contributed by atoms with Gasteiger partial charge in [0.1, 0.15) is 48.0 Å². The molecule has 1 fully saturated rings. The molecule has 476 valence electrons. The van der Waals surface area contributed by atoms with Crippen LogP contribution in [0.3, 0.4) is 0 Å². The van der Waals surface area contributed by atoms with Gasteiger partial charge in [-0.15, -0.1) is 0 Å². The number of Topliss-reactive ketones (excluding diaryl/α,β-unsaturated/α-hetero) is 1. The number of rotatable bonds is 33. The molecule has 10 amide bonds. The van der Waals surface area contributed by atoms with Gasteiger partial charge >= 0.3 is 0 Å². The second-order valence-corrected chi connectivity index (χ2v) is 22.2. The number of fused-ring (bicyclic) bond motifs is 1. The molecule has 1 aliphatic heterocycles. The summed E-state index contributed by atoms with van der Waals surface area (Å²) in [5, 5.41) is 52.9. The second kappa shape index (κ2) is 33.5. The molecule has 0 unspecified atom stereocenters. The van der Waals surface area contributed by atoms with E-state index in [1.807, 2.05) is 24.3 Å². The molecule has 3 aromatic carbocycles. The quantitative estimate of drug-likeness (QED) is 0.0136. The SMILES string of the molecule is CN=C(N)NCCC[C@H](NC(=O)[C@H](CC(C)C)NC(=O)CCC(=O)[C@H](Cc1ccccc1)NC(=O)[C@@H](NC(=O)[C@H](CC(N)=O)NC(=O)[C@@H]1C[C@@H](O)CN1C(=O)[C@@H](Cc1ccc(O)cc1)NC(C)=O)[C@@H](C)O)C(=O)N[C@@H](Cc1c[nH]c2ccccc12)C(N)=O. The van der Waals surface area contributed by atoms with E-state index >= 15 is 0 Å². The first-order chi connectivity index (χ1) is 41.7. The van der Waals surface area contributed by atoms with Crippen LogP contribution in [0.4, 0.5) is 0 Å². The van der Waals surface area contributed by atoms with Crippen molar-refractivity contribution >= 4 is 81.7 Å². The topological polar surface area (TPSA) is 454 Å². The minimum atomic E-state index is -1.85. The van der Waals surface area contributed by atoms with Crippen molar-refractivity contribution in [3.63, 3.8) is 0 Å². The normalized spacial score (nSPS) is 16.7. The molecule has 18 N–H and O–H groups in total. The number of primary amides is 2. The van der Waals surface area contributed by atoms with E-state index in [0.29, 0.717) is 16.7 Å². The molecule has 0 saturated carbocycles. The first-order valence-corrected chi connectivity index (χ1v) is 28.9. The molecule has 0 spiro atoms. The highest BCUT2D eigenvalue weighted by atomic mass is 16.3. The number of β-amino-alcohol motifs (C(OH)–C–C–N with tert-alkyl or cyclic N) is 1. The number of nitrogens with zero attached hydrogens (tertiary/aromatic N) is 2. The number of phenolic OH excluding ortho intramolecular Hbond substituents is 1. The van der Waals surface area contributed by atoms with Crippen LogP contribution in [0.25, 0.3) is 10.9 Å². The molecule has 0 radical (unpaired) electrons. The van der Waals surface area contributed by atoms with Gasteiger partial charge in [-0.2, -0.15) is 0 Å². The van der Waals surface area contributed by atoms with E-state index < -0.39 is 145 Å². The van der Waals surface area contributed by atoms with Gasteiger partial charge in [0.25, 0.3) is 0 Å². The first kappa shape index (κ1) is 69.3. The second-order valence-electron chi connectivity index (χ2n) is 22.2. The van der Waals surface area contributed by atoms with Crippen molar-refractivity contribution in [1.29, 1.82) is 0 Å². The molecule has 10 atom stereocenters. The summed E-state index contributed by atoms with van der Waals surface area (Å²) in [6.45, 7) is 5.83. The monoisotopic (exact) mass is 1220 g/mol. The zero-order valence-electron chi connectivity index (χ0n) is 49.9. The Balaban J connectivity index is 1.28. The highest BCUT2D eigenvalue weighted by Gasteiger charge is 2.43. The Morgan fingerprint density at radius 3 is 1.93 bits per heavy atom. The standard InChI is InChI=1S/C60H82N14O14/c1-32(2)24-45(55(84)69-42(16-11-23-65-60(63)64-5)54(83)71-44(53(62)82)27-37-30-66-41-15-10-9-14-40(37)41)68-51(81)22-21-49(79)43(25-35-12-7-6-8-13-35)70-58(87)52(33(3)75)73-56(85)46(29-50(61)80)72-57(86)48-28-39(78)31-74(48)59(88)47(67-34(4)76)26-36-17-19-38(77)20-18-36/h6-10,12-15,17-20,30,32-33,39,42-48,52,66,75,77-78H,11,16,21-29,31H2,1-5H3,(H2,61,80)(H2,62,82)(H,67,76)(H,68,81)(H,69,84)(H,70,87)(H,71,83)(H,72,86)(H,73,85)(H3,63,64,65)/t33-,39-,42+,43+,44+,45+,46+,47-,48+,52+/m1/s1. The lowest BCUT2D eigenvalue weighted by molar-refractivity contribution is -0.142. The van der Waals surface area contributed by atoms with E-state index in [-0.39, 0.29) is 75.7 Å². The van der Waals surface area contributed by atoms with E-state index in [0.717, 1.165) is 22.7 Å². The van der Waals surface area contributed by atoms with Crippen LogP contribution in [-0.4, -0.2) is 177 Å². The summed E-state index contributed by atoms with van der Waals surface area (Å²) in [6, 6.07) is 10.2. The average Bonchev–Trinajstić information content (AvgIpc) is 2.76. The number of phenols is 1. The van der Waals surface area contributed by atoms with Gasteiger partial charge < -0.3 is 84.9 Å². The van der Waals surface area contributed by atoms with Gasteiger partial charge in [0.2, 0.25) is 59.1 Å². The summed E-state index contributed by atoms with van der Waals surface area (Å²) < 4.78 is 0. The summed E-state index contributed by atoms with van der Waals surface area (Å²) in [5.74, 6) is -9.54. The third-order valence-corrected chi connectivity index (χ3v) is 14.6. The number of likely N-dealkylation sites (tertiary alicyclic amines) is 1. The maximum Gasteiger partial charge on any atom is 0.246 e. The number of H-pyrrole nitrogens is 1. The third-order valence-electron chi connectivity index (χ3n) is 14.6. The Bertz CT molecular complexity index is 3140. The fourth-order valence-electron chi connectivity index (χ4n) is 10.1. The van der Waals surface area contributed by atoms with Gasteiger partial charge in [0, 0.05) is 76.3 Å². The lowest BCUT2D eigenvalue weighted by Gasteiger charge is -2.30. The number of carbonyl (C=O) groups is 11. The summed E-state index contributed by atoms with van der Waals surface area (Å²) in [7, 11) is 1.49. The number of ketones is 1. The Morgan fingerprint density at radius 1 is 0.682 bits per heavy atom. The summed E-state index contributed by atoms with van der Waals surface area (Å²) in [6.07, 6.45) is -3.12. The molecule has 0 bridgehead atoms. The van der Waals surface area contributed by atoms with Crippen LogP contribution in [0.5, 0.6) is 5.75 Å². The predicted octanol–water partition coefficient (Wildman–Crippen LogP) is -2.27. The van der Waals surface area contributed by atoms with Crippen molar-refractivity contribution in [2.45, 2.75) is 152 Å². The number of benzene rings is 3. The predicted molar refractivity (Wildman–Crippen MR) is 322 cm³/mol. The molecular weight excluding hydrogens is 1140 g/mol. The van der Waals surface area contributed by atoms with Crippen LogP contribution < -0.4 is 59.7 Å². The van der Waals surface area contributed by atoms with Crippen LogP contribution in [-0.2, 0) is 72.0 Å². The molecule has 28 heteroatoms. The molecule has 0 aliphatic carbocycles. The van der Waals surface area contributed by atoms with Gasteiger partial charge in [-0.05, 0) is 73.4 Å². The number of aliphatic hydroxyl groups is 2. The average molecular weight is 1220 g/mol. The van der Waals surface area contributed by atoms with Gasteiger partial charge in [-0.1, -0.05) is 74.5 Å². The number of guanidine groups is 1. The molecule has 2 heterocycles. The maximum atomic E-state index is 14.2. The molecule has 28 nitrogen and oxygen atoms in total. The van der Waals surface area contributed by atoms with Crippen LogP contribution >= 0.6 is 0 Å². The van der Waals surface area contributed by atoms with Crippen LogP contribution in [0.2, 0.25) is 0 Å². The number of aromatic hydroxyl groups is 1. The van der Waals surface area contributed by atoms with Crippen molar-refractivity contribution < 1.29 is 68.1 Å². The third kappa shape index (κ3) is 21.5. The Labute approximate surface area is 508 Å². The zero-order chi connectivity index (χ0) is 64.8. The van der Waals surface area contributed by atoms with E-state index in [1.54, 1.807) is 50.4 Å². The van der Waals surface area contributed by atoms with Crippen molar-refractivity contribution in [1.82, 2.24) is 52.4 Å². The number of aliphatic imine (C=N–C) groups is 1. The van der Waals surface area contributed by atoms with Gasteiger partial charge in [-0.3, -0.25) is 57.7 Å². The minimum Gasteiger partial charge on any atom is -0.508 e. The number of hydrogen-bond acceptors (Lipinski definition) is 15. The smallest absolute Gasteiger partial charge is 0.246 e. The van der Waals surface area contributed by atoms with E-state index in [1.165, 1.54) is 38.2 Å². The van der Waals surface area contributed by atoms with E-state index in [4.69, 9.17) is 17.2 Å². The lowest BCUT2D eigenvalue weighted by atomic mass is 9.98. The summed E-state index contributed by atoms with van der Waals surface area (Å²) in [5.41, 5.74) is 19.7. The van der Waals surface area contributed by atoms with Gasteiger partial charge in [-0.25, -0.2) is 0 Å². The summed E-state index contributed by atoms with van der Waals surface area (Å²) >= 11 is 0. The highest BCUT2D eigenvalue weighted by molar-refractivity contribution is 6.00. The number of aromatic nitrogens is 1. The van der Waals surface area contributed by atoms with Crippen LogP contribution in [0, 0.1) is 5.92 Å². The maximum absolute atomic E-state index is 14.2. The van der Waals surface area contributed by atoms with Gasteiger partial charge in [0.05, 0.1) is 24.7 Å². The number of aromatic amines is 1. The van der Waals surface area contributed by atoms with E-state index in [9.17, 15) is 68.1 Å². The van der Waals surface area contributed by atoms with Crippen molar-refractivity contribution in [2.75, 3.05) is 20.1 Å². The van der Waals surface area contributed by atoms with Crippen molar-refractivity contribution in [3.8, 4) is 5.75 Å². The van der Waals surface area contributed by atoms with Gasteiger partial charge in [0.15, 0.2) is 11.7 Å². The molecule has 4 aromatic rings. The molecule has 1 aliphatic rings. The van der Waals surface area contributed by atoms with Crippen LogP contribution in [0.15, 0.2) is 90.1 Å². The molecular formula is C60H82N14O14. The number of carbonyl (C=O) groups excluding carboxylic acids is 11. The Hall–Kier alpha value is -9.44. The van der Waals surface area contributed by atoms with Crippen molar-refractivity contribution in [3.05, 3.63) is 102 Å². The molecule has 1 aromatic heterocycles.